The van der Waals surface area contributed by atoms with E-state index in [-0.39, 0.29) is 16.0 Å². The highest BCUT2D eigenvalue weighted by Gasteiger charge is 2.35. The van der Waals surface area contributed by atoms with Crippen LogP contribution in [0, 0.1) is 17.2 Å². The molecule has 31 heavy (non-hydrogen) atoms. The molecular weight excluding hydrogens is 437 g/mol. The number of hydrogen-bond donors (Lipinski definition) is 1. The Morgan fingerprint density at radius 1 is 1.39 bits per heavy atom. The molecule has 7 heteroatoms. The molecule has 1 heterocycles. The maximum absolute atomic E-state index is 13.9. The molecule has 3 rings (SSSR count). The van der Waals surface area contributed by atoms with Gasteiger partial charge >= 0.3 is 5.97 Å². The van der Waals surface area contributed by atoms with E-state index in [4.69, 9.17) is 16.3 Å². The predicted octanol–water partition coefficient (Wildman–Crippen LogP) is 6.52. The molecule has 2 aromatic rings. The number of halogens is 2. The molecule has 1 N–H and O–H groups in total. The number of thiophene rings is 1. The van der Waals surface area contributed by atoms with Gasteiger partial charge < -0.3 is 10.1 Å². The number of amides is 1. The molecular formula is C24H27ClFNO3S. The molecule has 1 aromatic carbocycles. The Hall–Kier alpha value is -2.18. The molecule has 1 unspecified atom stereocenters. The summed E-state index contributed by atoms with van der Waals surface area (Å²) in [5.41, 5.74) is 1.75. The van der Waals surface area contributed by atoms with Crippen molar-refractivity contribution in [3.8, 4) is 0 Å². The van der Waals surface area contributed by atoms with Gasteiger partial charge in [0.1, 0.15) is 10.8 Å². The Kier molecular flexibility index (Phi) is 7.22. The van der Waals surface area contributed by atoms with Crippen LogP contribution in [0.5, 0.6) is 0 Å². The van der Waals surface area contributed by atoms with Crippen LogP contribution < -0.4 is 5.32 Å². The molecule has 0 aliphatic heterocycles. The zero-order chi connectivity index (χ0) is 22.8. The van der Waals surface area contributed by atoms with Crippen molar-refractivity contribution in [2.75, 3.05) is 12.4 Å². The van der Waals surface area contributed by atoms with Gasteiger partial charge in [0.2, 0.25) is 5.91 Å². The van der Waals surface area contributed by atoms with Gasteiger partial charge in [-0.1, -0.05) is 44.9 Å². The van der Waals surface area contributed by atoms with Gasteiger partial charge in [0.05, 0.1) is 17.7 Å². The molecule has 166 valence electrons. The van der Waals surface area contributed by atoms with E-state index in [9.17, 15) is 14.0 Å². The first kappa shape index (κ1) is 23.5. The standard InChI is InChI=1S/C24H27ClFNO3S/c1-5-24(2,3)14-9-10-16-19(13-14)31-22(21(16)23(29)30-4)27-20(28)12-11-15-17(25)7-6-8-18(15)26/h6-8,11-12,14H,5,9-10,13H2,1-4H3,(H,27,28)/b12-11+. The van der Waals surface area contributed by atoms with Crippen LogP contribution in [0.3, 0.4) is 0 Å². The average molecular weight is 464 g/mol. The Labute approximate surface area is 191 Å². The van der Waals surface area contributed by atoms with Crippen molar-refractivity contribution < 1.29 is 18.7 Å². The summed E-state index contributed by atoms with van der Waals surface area (Å²) < 4.78 is 18.9. The minimum Gasteiger partial charge on any atom is -0.465 e. The quantitative estimate of drug-likeness (QED) is 0.392. The molecule has 1 amide bonds. The average Bonchev–Trinajstić information content (AvgIpc) is 3.09. The highest BCUT2D eigenvalue weighted by molar-refractivity contribution is 7.17. The van der Waals surface area contributed by atoms with E-state index >= 15 is 0 Å². The number of rotatable bonds is 6. The lowest BCUT2D eigenvalue weighted by Gasteiger charge is -2.36. The monoisotopic (exact) mass is 463 g/mol. The van der Waals surface area contributed by atoms with E-state index < -0.39 is 17.7 Å². The normalized spacial score (nSPS) is 16.3. The van der Waals surface area contributed by atoms with Crippen LogP contribution in [0.25, 0.3) is 6.08 Å². The van der Waals surface area contributed by atoms with Crippen molar-refractivity contribution in [3.63, 3.8) is 0 Å². The molecule has 1 atom stereocenters. The van der Waals surface area contributed by atoms with E-state index in [0.29, 0.717) is 16.5 Å². The summed E-state index contributed by atoms with van der Waals surface area (Å²) in [4.78, 5) is 26.2. The van der Waals surface area contributed by atoms with Crippen LogP contribution in [-0.2, 0) is 22.4 Å². The Morgan fingerprint density at radius 2 is 2.13 bits per heavy atom. The first-order chi connectivity index (χ1) is 14.7. The number of methoxy groups -OCH3 is 1. The number of fused-ring (bicyclic) bond motifs is 1. The lowest BCUT2D eigenvalue weighted by Crippen LogP contribution is -2.28. The fourth-order valence-corrected chi connectivity index (χ4v) is 5.47. The van der Waals surface area contributed by atoms with Crippen LogP contribution in [0.2, 0.25) is 5.02 Å². The topological polar surface area (TPSA) is 55.4 Å². The second-order valence-corrected chi connectivity index (χ2v) is 9.95. The Morgan fingerprint density at radius 3 is 2.77 bits per heavy atom. The van der Waals surface area contributed by atoms with Gasteiger partial charge in [-0.15, -0.1) is 11.3 Å². The summed E-state index contributed by atoms with van der Waals surface area (Å²) in [6, 6.07) is 4.33. The number of anilines is 1. The van der Waals surface area contributed by atoms with Gasteiger partial charge in [-0.05, 0) is 54.4 Å². The van der Waals surface area contributed by atoms with Crippen LogP contribution >= 0.6 is 22.9 Å². The third-order valence-electron chi connectivity index (χ3n) is 6.31. The number of carbonyl (C=O) groups is 2. The molecule has 0 radical (unpaired) electrons. The molecule has 0 saturated carbocycles. The number of nitrogens with one attached hydrogen (secondary N) is 1. The van der Waals surface area contributed by atoms with E-state index in [1.54, 1.807) is 6.07 Å². The zero-order valence-electron chi connectivity index (χ0n) is 18.2. The van der Waals surface area contributed by atoms with Gasteiger partial charge in [0.25, 0.3) is 0 Å². The first-order valence-electron chi connectivity index (χ1n) is 10.3. The van der Waals surface area contributed by atoms with Gasteiger partial charge in [-0.2, -0.15) is 0 Å². The third kappa shape index (κ3) is 5.01. The lowest BCUT2D eigenvalue weighted by atomic mass is 9.69. The number of esters is 1. The van der Waals surface area contributed by atoms with E-state index in [1.165, 1.54) is 42.7 Å². The summed E-state index contributed by atoms with van der Waals surface area (Å²) in [7, 11) is 1.34. The molecule has 4 nitrogen and oxygen atoms in total. The second kappa shape index (κ2) is 9.53. The molecule has 1 aliphatic carbocycles. The lowest BCUT2D eigenvalue weighted by molar-refractivity contribution is -0.111. The molecule has 0 bridgehead atoms. The summed E-state index contributed by atoms with van der Waals surface area (Å²) in [5.74, 6) is -0.917. The van der Waals surface area contributed by atoms with Crippen molar-refractivity contribution in [2.45, 2.75) is 46.5 Å². The van der Waals surface area contributed by atoms with E-state index in [2.05, 4.69) is 26.1 Å². The van der Waals surface area contributed by atoms with Gasteiger partial charge in [0, 0.05) is 16.5 Å². The number of hydrogen-bond acceptors (Lipinski definition) is 4. The minimum absolute atomic E-state index is 0.141. The SMILES string of the molecule is CCC(C)(C)C1CCc2c(sc(NC(=O)/C=C/c3c(F)cccc3Cl)c2C(=O)OC)C1. The molecule has 0 saturated heterocycles. The Bertz CT molecular complexity index is 1010. The van der Waals surface area contributed by atoms with Crippen LogP contribution in [-0.4, -0.2) is 19.0 Å². The summed E-state index contributed by atoms with van der Waals surface area (Å²) >= 11 is 7.43. The number of carbonyl (C=O) groups excluding carboxylic acids is 2. The van der Waals surface area contributed by atoms with Crippen molar-refractivity contribution in [3.05, 3.63) is 56.7 Å². The van der Waals surface area contributed by atoms with E-state index in [1.807, 2.05) is 0 Å². The first-order valence-corrected chi connectivity index (χ1v) is 11.5. The van der Waals surface area contributed by atoms with Crippen molar-refractivity contribution >= 4 is 45.9 Å². The molecule has 0 fully saturated rings. The van der Waals surface area contributed by atoms with Gasteiger partial charge in [-0.25, -0.2) is 9.18 Å². The highest BCUT2D eigenvalue weighted by atomic mass is 35.5. The van der Waals surface area contributed by atoms with Crippen LogP contribution in [0.15, 0.2) is 24.3 Å². The maximum atomic E-state index is 13.9. The molecule has 0 spiro atoms. The van der Waals surface area contributed by atoms with Crippen LogP contribution in [0.1, 0.15) is 60.0 Å². The third-order valence-corrected chi connectivity index (χ3v) is 7.81. The molecule has 1 aliphatic rings. The fraction of sp³-hybridized carbons (Fsp3) is 0.417. The maximum Gasteiger partial charge on any atom is 0.341 e. The van der Waals surface area contributed by atoms with Crippen LogP contribution in [0.4, 0.5) is 9.39 Å². The second-order valence-electron chi connectivity index (χ2n) is 8.44. The largest absolute Gasteiger partial charge is 0.465 e. The number of benzene rings is 1. The summed E-state index contributed by atoms with van der Waals surface area (Å²) in [6.07, 6.45) is 6.27. The van der Waals surface area contributed by atoms with Crippen molar-refractivity contribution in [2.24, 2.45) is 11.3 Å². The zero-order valence-corrected chi connectivity index (χ0v) is 19.8. The Balaban J connectivity index is 1.87. The summed E-state index contributed by atoms with van der Waals surface area (Å²) in [6.45, 7) is 6.75. The smallest absolute Gasteiger partial charge is 0.341 e. The van der Waals surface area contributed by atoms with Crippen molar-refractivity contribution in [1.29, 1.82) is 0 Å². The van der Waals surface area contributed by atoms with E-state index in [0.717, 1.165) is 36.1 Å². The predicted molar refractivity (Wildman–Crippen MR) is 124 cm³/mol. The van der Waals surface area contributed by atoms with Crippen molar-refractivity contribution in [1.82, 2.24) is 0 Å². The number of ether oxygens (including phenoxy) is 1. The molecule has 1 aromatic heterocycles. The van der Waals surface area contributed by atoms with Gasteiger partial charge in [0.15, 0.2) is 0 Å². The van der Waals surface area contributed by atoms with Gasteiger partial charge in [-0.3, -0.25) is 4.79 Å². The highest BCUT2D eigenvalue weighted by Crippen LogP contribution is 2.45. The minimum atomic E-state index is -0.511. The summed E-state index contributed by atoms with van der Waals surface area (Å²) in [5, 5.41) is 3.48. The fourth-order valence-electron chi connectivity index (χ4n) is 3.93.